The highest BCUT2D eigenvalue weighted by Crippen LogP contribution is 2.28. The highest BCUT2D eigenvalue weighted by molar-refractivity contribution is 5.73. The van der Waals surface area contributed by atoms with E-state index in [1.165, 1.54) is 11.6 Å². The molecular weight excluding hydrogens is 454 g/mol. The molecule has 6 aromatic rings. The molecule has 0 aromatic carbocycles. The maximum Gasteiger partial charge on any atom is 0.275 e. The van der Waals surface area contributed by atoms with Gasteiger partial charge < -0.3 is 18.5 Å². The lowest BCUT2D eigenvalue weighted by molar-refractivity contribution is 0.264. The Morgan fingerprint density at radius 3 is 2.54 bits per heavy atom. The zero-order chi connectivity index (χ0) is 23.9. The van der Waals surface area contributed by atoms with Gasteiger partial charge in [-0.1, -0.05) is 10.3 Å². The molecule has 0 unspecified atom stereocenters. The van der Waals surface area contributed by atoms with Crippen LogP contribution in [0.15, 0.2) is 45.6 Å². The smallest absolute Gasteiger partial charge is 0.275 e. The molecule has 13 heteroatoms. The Labute approximate surface area is 197 Å². The number of methoxy groups -OCH3 is 1. The second-order valence-electron chi connectivity index (χ2n) is 7.89. The number of rotatable bonds is 7. The third kappa shape index (κ3) is 3.92. The lowest BCUT2D eigenvalue weighted by Gasteiger charge is -2.09. The maximum atomic E-state index is 5.97. The van der Waals surface area contributed by atoms with Crippen LogP contribution in [0.25, 0.3) is 28.2 Å². The molecule has 0 saturated carbocycles. The van der Waals surface area contributed by atoms with Gasteiger partial charge in [0.05, 0.1) is 25.5 Å². The van der Waals surface area contributed by atoms with E-state index in [4.69, 9.17) is 18.5 Å². The lowest BCUT2D eigenvalue weighted by Crippen LogP contribution is -2.05. The summed E-state index contributed by atoms with van der Waals surface area (Å²) in [4.78, 5) is 4.66. The molecular formula is C22H19N9O4. The van der Waals surface area contributed by atoms with E-state index in [0.717, 1.165) is 22.5 Å². The van der Waals surface area contributed by atoms with Gasteiger partial charge in [0.1, 0.15) is 34.9 Å². The van der Waals surface area contributed by atoms with Gasteiger partial charge in [-0.25, -0.2) is 4.98 Å². The minimum atomic E-state index is 0.166. The second-order valence-corrected chi connectivity index (χ2v) is 7.89. The zero-order valence-corrected chi connectivity index (χ0v) is 19.0. The Balaban J connectivity index is 1.25. The molecule has 35 heavy (non-hydrogen) atoms. The van der Waals surface area contributed by atoms with Crippen molar-refractivity contribution < 1.29 is 18.5 Å². The molecule has 0 radical (unpaired) electrons. The molecule has 6 rings (SSSR count). The molecule has 13 nitrogen and oxygen atoms in total. The van der Waals surface area contributed by atoms with Crippen LogP contribution in [-0.2, 0) is 13.2 Å². The van der Waals surface area contributed by atoms with Gasteiger partial charge in [-0.15, -0.1) is 15.3 Å². The van der Waals surface area contributed by atoms with Gasteiger partial charge in [0.25, 0.3) is 5.88 Å². The molecule has 6 heterocycles. The van der Waals surface area contributed by atoms with Crippen molar-refractivity contribution in [3.05, 3.63) is 59.4 Å². The summed E-state index contributed by atoms with van der Waals surface area (Å²) in [6.07, 6.45) is 1.86. The van der Waals surface area contributed by atoms with E-state index < -0.39 is 0 Å². The Morgan fingerprint density at radius 2 is 1.77 bits per heavy atom. The fraction of sp³-hybridized carbons (Fsp3) is 0.227. The van der Waals surface area contributed by atoms with Gasteiger partial charge >= 0.3 is 0 Å². The van der Waals surface area contributed by atoms with Crippen LogP contribution in [0.1, 0.15) is 22.9 Å². The summed E-state index contributed by atoms with van der Waals surface area (Å²) in [5, 5.41) is 25.4. The molecule has 0 atom stereocenters. The molecule has 0 N–H and O–H groups in total. The van der Waals surface area contributed by atoms with Gasteiger partial charge in [-0.3, -0.25) is 4.68 Å². The van der Waals surface area contributed by atoms with Crippen LogP contribution in [0.5, 0.6) is 11.6 Å². The minimum absolute atomic E-state index is 0.166. The Morgan fingerprint density at radius 1 is 0.914 bits per heavy atom. The first-order valence-electron chi connectivity index (χ1n) is 10.7. The van der Waals surface area contributed by atoms with Gasteiger partial charge in [0, 0.05) is 18.2 Å². The summed E-state index contributed by atoms with van der Waals surface area (Å²) < 4.78 is 25.0. The van der Waals surface area contributed by atoms with E-state index in [-0.39, 0.29) is 12.5 Å². The van der Waals surface area contributed by atoms with Crippen molar-refractivity contribution in [1.82, 2.24) is 44.9 Å². The van der Waals surface area contributed by atoms with Crippen LogP contribution < -0.4 is 9.47 Å². The highest BCUT2D eigenvalue weighted by atomic mass is 16.5. The summed E-state index contributed by atoms with van der Waals surface area (Å²) in [5.74, 6) is 2.53. The maximum absolute atomic E-state index is 5.97. The average Bonchev–Trinajstić information content (AvgIpc) is 3.63. The minimum Gasteiger partial charge on any atom is -0.491 e. The van der Waals surface area contributed by atoms with Crippen LogP contribution in [0, 0.1) is 13.8 Å². The normalized spacial score (nSPS) is 11.5. The lowest BCUT2D eigenvalue weighted by atomic mass is 10.3. The van der Waals surface area contributed by atoms with Crippen molar-refractivity contribution in [2.45, 2.75) is 27.0 Å². The Bertz CT molecular complexity index is 1660. The summed E-state index contributed by atoms with van der Waals surface area (Å²) >= 11 is 0. The summed E-state index contributed by atoms with van der Waals surface area (Å²) in [6.45, 7) is 4.31. The van der Waals surface area contributed by atoms with E-state index in [1.54, 1.807) is 23.7 Å². The number of aryl methyl sites for hydroxylation is 2. The number of nitrogens with zero attached hydrogens (tertiary/aromatic N) is 9. The van der Waals surface area contributed by atoms with Gasteiger partial charge in [-0.2, -0.15) is 9.61 Å². The first kappa shape index (κ1) is 20.8. The second kappa shape index (κ2) is 8.20. The predicted molar refractivity (Wildman–Crippen MR) is 120 cm³/mol. The molecule has 0 aliphatic heterocycles. The standard InChI is InChI=1S/C22H19N9O4/c1-12-6-15(28-34-12)9-30-10-18-16(26-30)5-4-14(23-18)11-33-22-19(32-3)8-20-24-25-21(31(20)27-22)17-7-13(2)35-29-17/h4-8,10H,9,11H2,1-3H3. The van der Waals surface area contributed by atoms with Crippen LogP contribution in [0.2, 0.25) is 0 Å². The molecule has 6 aromatic heterocycles. The molecule has 0 saturated heterocycles. The first-order chi connectivity index (χ1) is 17.1. The van der Waals surface area contributed by atoms with Gasteiger partial charge in [0.15, 0.2) is 17.1 Å². The Kier molecular flexibility index (Phi) is 4.87. The van der Waals surface area contributed by atoms with E-state index in [9.17, 15) is 0 Å². The van der Waals surface area contributed by atoms with Crippen LogP contribution in [-0.4, -0.2) is 52.0 Å². The van der Waals surface area contributed by atoms with Crippen molar-refractivity contribution >= 4 is 16.7 Å². The van der Waals surface area contributed by atoms with Crippen LogP contribution in [0.3, 0.4) is 0 Å². The van der Waals surface area contributed by atoms with E-state index in [1.807, 2.05) is 31.3 Å². The third-order valence-corrected chi connectivity index (χ3v) is 5.23. The number of aromatic nitrogens is 9. The molecule has 0 amide bonds. The zero-order valence-electron chi connectivity index (χ0n) is 19.0. The van der Waals surface area contributed by atoms with E-state index in [2.05, 4.69) is 35.7 Å². The number of pyridine rings is 1. The van der Waals surface area contributed by atoms with Crippen molar-refractivity contribution in [3.8, 4) is 23.1 Å². The number of fused-ring (bicyclic) bond motifs is 2. The predicted octanol–water partition coefficient (Wildman–Crippen LogP) is 2.76. The third-order valence-electron chi connectivity index (χ3n) is 5.23. The Hall–Kier alpha value is -4.81. The monoisotopic (exact) mass is 473 g/mol. The summed E-state index contributed by atoms with van der Waals surface area (Å²) in [7, 11) is 1.54. The number of hydrogen-bond donors (Lipinski definition) is 0. The van der Waals surface area contributed by atoms with E-state index >= 15 is 0 Å². The first-order valence-corrected chi connectivity index (χ1v) is 10.7. The van der Waals surface area contributed by atoms with Crippen molar-refractivity contribution in [2.75, 3.05) is 7.11 Å². The largest absolute Gasteiger partial charge is 0.491 e. The topological polar surface area (TPSA) is 144 Å². The van der Waals surface area contributed by atoms with Gasteiger partial charge in [-0.05, 0) is 26.0 Å². The summed E-state index contributed by atoms with van der Waals surface area (Å²) in [6, 6.07) is 9.07. The van der Waals surface area contributed by atoms with Crippen molar-refractivity contribution in [1.29, 1.82) is 0 Å². The summed E-state index contributed by atoms with van der Waals surface area (Å²) in [5.41, 5.74) is 4.01. The molecule has 0 aliphatic carbocycles. The van der Waals surface area contributed by atoms with Crippen LogP contribution >= 0.6 is 0 Å². The SMILES string of the molecule is COc1cc2nnc(-c3cc(C)on3)n2nc1OCc1ccc2nn(Cc3cc(C)on3)cc2n1. The fourth-order valence-electron chi connectivity index (χ4n) is 3.64. The van der Waals surface area contributed by atoms with Crippen molar-refractivity contribution in [2.24, 2.45) is 0 Å². The van der Waals surface area contributed by atoms with Crippen LogP contribution in [0.4, 0.5) is 0 Å². The van der Waals surface area contributed by atoms with Gasteiger partial charge in [0.2, 0.25) is 5.82 Å². The molecule has 0 aliphatic rings. The number of ether oxygens (including phenoxy) is 2. The van der Waals surface area contributed by atoms with Crippen molar-refractivity contribution in [3.63, 3.8) is 0 Å². The molecule has 0 spiro atoms. The molecule has 176 valence electrons. The average molecular weight is 473 g/mol. The highest BCUT2D eigenvalue weighted by Gasteiger charge is 2.18. The quantitative estimate of drug-likeness (QED) is 0.337. The number of hydrogen-bond acceptors (Lipinski definition) is 11. The molecule has 0 fully saturated rings. The van der Waals surface area contributed by atoms with E-state index in [0.29, 0.717) is 40.9 Å². The fourth-order valence-corrected chi connectivity index (χ4v) is 3.64. The molecule has 0 bridgehead atoms.